The molecule has 0 bridgehead atoms. The molecule has 11 heteroatoms. The number of nitrogens with zero attached hydrogens (tertiary/aromatic N) is 3. The Morgan fingerprint density at radius 2 is 1.49 bits per heavy atom. The number of hydrogen-bond donors (Lipinski definition) is 1. The van der Waals surface area contributed by atoms with Crippen molar-refractivity contribution < 1.29 is 22.8 Å². The molecular formula is C32H32N4O6S. The molecule has 0 saturated carbocycles. The van der Waals surface area contributed by atoms with Gasteiger partial charge in [0, 0.05) is 36.9 Å². The highest BCUT2D eigenvalue weighted by molar-refractivity contribution is 7.89. The van der Waals surface area contributed by atoms with E-state index in [4.69, 9.17) is 9.47 Å². The average molecular weight is 601 g/mol. The van der Waals surface area contributed by atoms with Gasteiger partial charge in [0.15, 0.2) is 0 Å². The Hall–Kier alpha value is -4.74. The molecule has 43 heavy (non-hydrogen) atoms. The summed E-state index contributed by atoms with van der Waals surface area (Å²) in [7, 11) is -3.97. The Bertz CT molecular complexity index is 1680. The zero-order chi connectivity index (χ0) is 30.1. The van der Waals surface area contributed by atoms with Crippen LogP contribution in [-0.4, -0.2) is 37.0 Å². The van der Waals surface area contributed by atoms with Crippen LogP contribution in [0.25, 0.3) is 0 Å². The van der Waals surface area contributed by atoms with Crippen LogP contribution in [0.1, 0.15) is 36.0 Å². The van der Waals surface area contributed by atoms with E-state index in [9.17, 15) is 18.5 Å². The lowest BCUT2D eigenvalue weighted by atomic mass is 10.2. The Morgan fingerprint density at radius 1 is 0.837 bits per heavy atom. The Kier molecular flexibility index (Phi) is 9.65. The summed E-state index contributed by atoms with van der Waals surface area (Å²) in [5.74, 6) is 1.13. The molecule has 1 N–H and O–H groups in total. The molecule has 0 aromatic heterocycles. The first-order chi connectivity index (χ1) is 20.9. The van der Waals surface area contributed by atoms with E-state index < -0.39 is 14.9 Å². The van der Waals surface area contributed by atoms with E-state index in [0.717, 1.165) is 36.5 Å². The second-order valence-electron chi connectivity index (χ2n) is 10.0. The van der Waals surface area contributed by atoms with Crippen molar-refractivity contribution in [1.82, 2.24) is 4.31 Å². The van der Waals surface area contributed by atoms with Gasteiger partial charge < -0.3 is 9.47 Å². The van der Waals surface area contributed by atoms with Crippen molar-refractivity contribution in [2.75, 3.05) is 18.5 Å². The monoisotopic (exact) mass is 600 g/mol. The Morgan fingerprint density at radius 3 is 2.14 bits per heavy atom. The second-order valence-corrected chi connectivity index (χ2v) is 11.9. The Labute approximate surface area is 250 Å². The first-order valence-corrected chi connectivity index (χ1v) is 15.4. The molecule has 0 aliphatic carbocycles. The van der Waals surface area contributed by atoms with Crippen molar-refractivity contribution in [1.29, 1.82) is 0 Å². The lowest BCUT2D eigenvalue weighted by molar-refractivity contribution is -0.385. The summed E-state index contributed by atoms with van der Waals surface area (Å²) < 4.78 is 40.4. The molecule has 0 amide bonds. The third-order valence-electron chi connectivity index (χ3n) is 6.97. The number of piperidine rings is 1. The van der Waals surface area contributed by atoms with Gasteiger partial charge in [0.05, 0.1) is 16.8 Å². The zero-order valence-electron chi connectivity index (χ0n) is 23.5. The van der Waals surface area contributed by atoms with E-state index in [1.54, 1.807) is 18.2 Å². The zero-order valence-corrected chi connectivity index (χ0v) is 24.3. The number of nitro groups is 1. The van der Waals surface area contributed by atoms with E-state index in [1.165, 1.54) is 22.7 Å². The van der Waals surface area contributed by atoms with Gasteiger partial charge in [-0.05, 0) is 42.2 Å². The van der Waals surface area contributed by atoms with Crippen molar-refractivity contribution in [2.24, 2.45) is 5.10 Å². The summed E-state index contributed by atoms with van der Waals surface area (Å²) in [4.78, 5) is 10.6. The third kappa shape index (κ3) is 7.76. The van der Waals surface area contributed by atoms with Gasteiger partial charge in [-0.3, -0.25) is 15.5 Å². The largest absolute Gasteiger partial charge is 0.489 e. The van der Waals surface area contributed by atoms with Gasteiger partial charge >= 0.3 is 0 Å². The highest BCUT2D eigenvalue weighted by atomic mass is 32.2. The minimum atomic E-state index is -3.97. The van der Waals surface area contributed by atoms with Crippen molar-refractivity contribution >= 4 is 27.6 Å². The predicted molar refractivity (Wildman–Crippen MR) is 165 cm³/mol. The molecule has 0 unspecified atom stereocenters. The first kappa shape index (κ1) is 29.7. The summed E-state index contributed by atoms with van der Waals surface area (Å²) in [6.45, 7) is 1.45. The lowest BCUT2D eigenvalue weighted by Gasteiger charge is -2.26. The molecule has 0 atom stereocenters. The number of ether oxygens (including phenoxy) is 2. The topological polar surface area (TPSA) is 123 Å². The summed E-state index contributed by atoms with van der Waals surface area (Å²) >= 11 is 0. The minimum absolute atomic E-state index is 0.141. The normalized spacial score (nSPS) is 14.0. The van der Waals surface area contributed by atoms with Crippen LogP contribution in [0, 0.1) is 10.1 Å². The molecule has 0 spiro atoms. The molecule has 1 saturated heterocycles. The number of benzene rings is 4. The fourth-order valence-electron chi connectivity index (χ4n) is 4.66. The number of rotatable bonds is 12. The molecule has 222 valence electrons. The number of anilines is 1. The molecular weight excluding hydrogens is 568 g/mol. The minimum Gasteiger partial charge on any atom is -0.489 e. The highest BCUT2D eigenvalue weighted by Crippen LogP contribution is 2.31. The van der Waals surface area contributed by atoms with Gasteiger partial charge in [0.2, 0.25) is 10.0 Å². The molecule has 4 aromatic carbocycles. The number of non-ortho nitro benzene ring substituents is 1. The van der Waals surface area contributed by atoms with Crippen molar-refractivity contribution in [3.05, 3.63) is 124 Å². The molecule has 1 aliphatic heterocycles. The van der Waals surface area contributed by atoms with E-state index >= 15 is 0 Å². The van der Waals surface area contributed by atoms with E-state index in [1.807, 2.05) is 60.7 Å². The smallest absolute Gasteiger partial charge is 0.270 e. The predicted octanol–water partition coefficient (Wildman–Crippen LogP) is 6.37. The maximum absolute atomic E-state index is 13.5. The quantitative estimate of drug-likeness (QED) is 0.114. The fraction of sp³-hybridized carbons (Fsp3) is 0.219. The summed E-state index contributed by atoms with van der Waals surface area (Å²) in [6, 6.07) is 28.6. The number of sulfonamides is 1. The SMILES string of the molecule is O=[N+]([O-])c1ccc(N/N=C\c2ccc(OCc3ccccc3)cc2OCc2ccccc2)c(S(=O)(=O)N2CCCCC2)c1. The molecule has 1 fully saturated rings. The van der Waals surface area contributed by atoms with Crippen molar-refractivity contribution in [3.8, 4) is 11.5 Å². The van der Waals surface area contributed by atoms with Gasteiger partial charge in [-0.15, -0.1) is 0 Å². The maximum atomic E-state index is 13.5. The molecule has 4 aromatic rings. The van der Waals surface area contributed by atoms with Crippen molar-refractivity contribution in [3.63, 3.8) is 0 Å². The van der Waals surface area contributed by atoms with Crippen LogP contribution in [0.2, 0.25) is 0 Å². The first-order valence-electron chi connectivity index (χ1n) is 14.0. The Balaban J connectivity index is 1.39. The number of hydrogen-bond acceptors (Lipinski definition) is 8. The average Bonchev–Trinajstić information content (AvgIpc) is 3.04. The fourth-order valence-corrected chi connectivity index (χ4v) is 6.34. The van der Waals surface area contributed by atoms with E-state index in [2.05, 4.69) is 10.5 Å². The lowest BCUT2D eigenvalue weighted by Crippen LogP contribution is -2.35. The number of nitrogens with one attached hydrogen (secondary N) is 1. The van der Waals surface area contributed by atoms with Crippen LogP contribution in [0.4, 0.5) is 11.4 Å². The molecule has 1 heterocycles. The van der Waals surface area contributed by atoms with Gasteiger partial charge in [0.25, 0.3) is 5.69 Å². The summed E-state index contributed by atoms with van der Waals surface area (Å²) in [5, 5.41) is 15.7. The molecule has 0 radical (unpaired) electrons. The third-order valence-corrected chi connectivity index (χ3v) is 8.91. The van der Waals surface area contributed by atoms with Crippen LogP contribution < -0.4 is 14.9 Å². The number of hydrazone groups is 1. The van der Waals surface area contributed by atoms with E-state index in [-0.39, 0.29) is 16.3 Å². The van der Waals surface area contributed by atoms with Crippen LogP contribution in [0.5, 0.6) is 11.5 Å². The maximum Gasteiger partial charge on any atom is 0.270 e. The van der Waals surface area contributed by atoms with Crippen LogP contribution in [0.3, 0.4) is 0 Å². The number of nitro benzene ring substituents is 1. The van der Waals surface area contributed by atoms with E-state index in [0.29, 0.717) is 43.4 Å². The summed E-state index contributed by atoms with van der Waals surface area (Å²) in [6.07, 6.45) is 3.94. The van der Waals surface area contributed by atoms with Crippen LogP contribution in [0.15, 0.2) is 107 Å². The van der Waals surface area contributed by atoms with Crippen LogP contribution in [-0.2, 0) is 23.2 Å². The second kappa shape index (κ2) is 14.0. The molecule has 10 nitrogen and oxygen atoms in total. The highest BCUT2D eigenvalue weighted by Gasteiger charge is 2.30. The standard InChI is InChI=1S/C32H32N4O6S/c37-36(38)28-15-17-30(32(20-28)43(39,40)35-18-8-3-9-19-35)34-33-22-27-14-16-29(41-23-25-10-4-1-5-11-25)21-31(27)42-24-26-12-6-2-7-13-26/h1-2,4-7,10-17,20-22,34H,3,8-9,18-19,23-24H2/b33-22-. The van der Waals surface area contributed by atoms with Crippen LogP contribution >= 0.6 is 0 Å². The van der Waals surface area contributed by atoms with Gasteiger partial charge in [-0.25, -0.2) is 8.42 Å². The van der Waals surface area contributed by atoms with Gasteiger partial charge in [-0.2, -0.15) is 9.41 Å². The van der Waals surface area contributed by atoms with Gasteiger partial charge in [0.1, 0.15) is 29.6 Å². The van der Waals surface area contributed by atoms with Gasteiger partial charge in [-0.1, -0.05) is 67.1 Å². The molecule has 1 aliphatic rings. The summed E-state index contributed by atoms with van der Waals surface area (Å²) in [5.41, 5.74) is 5.26. The molecule has 5 rings (SSSR count). The van der Waals surface area contributed by atoms with Crippen molar-refractivity contribution in [2.45, 2.75) is 37.4 Å².